The summed E-state index contributed by atoms with van der Waals surface area (Å²) in [5.41, 5.74) is 0.0964. The van der Waals surface area contributed by atoms with Crippen molar-refractivity contribution in [1.29, 1.82) is 0 Å². The number of hydrogen-bond acceptors (Lipinski definition) is 2. The molecule has 120 valence electrons. The van der Waals surface area contributed by atoms with Crippen molar-refractivity contribution in [3.05, 3.63) is 35.4 Å². The predicted molar refractivity (Wildman–Crippen MR) is 68.9 cm³/mol. The largest absolute Gasteiger partial charge is 0.411 e. The Labute approximate surface area is 120 Å². The molecular weight excluding hydrogens is 293 g/mol. The SMILES string of the molecule is CCCNC(CCOCC(F)(F)F)c1cccc(F)c1F. The van der Waals surface area contributed by atoms with E-state index in [1.165, 1.54) is 12.1 Å². The van der Waals surface area contributed by atoms with Crippen LogP contribution in [-0.4, -0.2) is 25.9 Å². The normalized spacial score (nSPS) is 13.4. The zero-order chi connectivity index (χ0) is 15.9. The summed E-state index contributed by atoms with van der Waals surface area (Å²) in [6.07, 6.45) is -3.51. The fourth-order valence-electron chi connectivity index (χ4n) is 1.86. The van der Waals surface area contributed by atoms with Gasteiger partial charge in [-0.3, -0.25) is 0 Å². The lowest BCUT2D eigenvalue weighted by atomic mass is 10.0. The summed E-state index contributed by atoms with van der Waals surface area (Å²) in [7, 11) is 0. The number of ether oxygens (including phenoxy) is 1. The highest BCUT2D eigenvalue weighted by atomic mass is 19.4. The van der Waals surface area contributed by atoms with Crippen molar-refractivity contribution in [2.75, 3.05) is 19.8 Å². The van der Waals surface area contributed by atoms with E-state index in [9.17, 15) is 22.0 Å². The van der Waals surface area contributed by atoms with Gasteiger partial charge in [0.1, 0.15) is 6.61 Å². The van der Waals surface area contributed by atoms with E-state index >= 15 is 0 Å². The summed E-state index contributed by atoms with van der Waals surface area (Å²) in [5.74, 6) is -1.96. The maximum absolute atomic E-state index is 13.7. The van der Waals surface area contributed by atoms with Gasteiger partial charge in [0, 0.05) is 18.2 Å². The molecule has 0 aliphatic heterocycles. The maximum Gasteiger partial charge on any atom is 0.411 e. The third kappa shape index (κ3) is 6.39. The van der Waals surface area contributed by atoms with E-state index in [1.54, 1.807) is 0 Å². The van der Waals surface area contributed by atoms with E-state index < -0.39 is 30.5 Å². The van der Waals surface area contributed by atoms with E-state index in [0.29, 0.717) is 6.54 Å². The Morgan fingerprint density at radius 3 is 2.57 bits per heavy atom. The van der Waals surface area contributed by atoms with Crippen LogP contribution in [0.3, 0.4) is 0 Å². The molecule has 0 radical (unpaired) electrons. The van der Waals surface area contributed by atoms with Crippen LogP contribution >= 0.6 is 0 Å². The van der Waals surface area contributed by atoms with Gasteiger partial charge in [0.05, 0.1) is 0 Å². The first-order chi connectivity index (χ1) is 9.85. The van der Waals surface area contributed by atoms with Crippen LogP contribution in [0.5, 0.6) is 0 Å². The predicted octanol–water partition coefficient (Wildman–Crippen LogP) is 3.97. The first kappa shape index (κ1) is 17.8. The molecule has 0 amide bonds. The third-order valence-electron chi connectivity index (χ3n) is 2.81. The number of hydrogen-bond donors (Lipinski definition) is 1. The van der Waals surface area contributed by atoms with Crippen molar-refractivity contribution in [2.24, 2.45) is 0 Å². The highest BCUT2D eigenvalue weighted by molar-refractivity contribution is 5.22. The molecule has 1 rings (SSSR count). The summed E-state index contributed by atoms with van der Waals surface area (Å²) >= 11 is 0. The van der Waals surface area contributed by atoms with Crippen molar-refractivity contribution in [1.82, 2.24) is 5.32 Å². The van der Waals surface area contributed by atoms with Gasteiger partial charge in [-0.25, -0.2) is 8.78 Å². The lowest BCUT2D eigenvalue weighted by Crippen LogP contribution is -2.26. The van der Waals surface area contributed by atoms with Crippen molar-refractivity contribution < 1.29 is 26.7 Å². The van der Waals surface area contributed by atoms with Gasteiger partial charge in [0.2, 0.25) is 0 Å². The minimum Gasteiger partial charge on any atom is -0.372 e. The topological polar surface area (TPSA) is 21.3 Å². The summed E-state index contributed by atoms with van der Waals surface area (Å²) in [6, 6.07) is 3.19. The third-order valence-corrected chi connectivity index (χ3v) is 2.81. The fraction of sp³-hybridized carbons (Fsp3) is 0.571. The van der Waals surface area contributed by atoms with Gasteiger partial charge in [-0.05, 0) is 25.5 Å². The van der Waals surface area contributed by atoms with E-state index in [0.717, 1.165) is 12.5 Å². The smallest absolute Gasteiger partial charge is 0.372 e. The van der Waals surface area contributed by atoms with E-state index in [2.05, 4.69) is 10.1 Å². The second-order valence-corrected chi connectivity index (χ2v) is 4.61. The van der Waals surface area contributed by atoms with Gasteiger partial charge >= 0.3 is 6.18 Å². The highest BCUT2D eigenvalue weighted by Crippen LogP contribution is 2.23. The molecule has 0 saturated carbocycles. The molecule has 1 atom stereocenters. The average molecular weight is 311 g/mol. The van der Waals surface area contributed by atoms with Gasteiger partial charge in [0.25, 0.3) is 0 Å². The molecule has 0 aromatic heterocycles. The van der Waals surface area contributed by atoms with Crippen LogP contribution in [0.2, 0.25) is 0 Å². The Balaban J connectivity index is 2.65. The molecule has 1 N–H and O–H groups in total. The molecule has 2 nitrogen and oxygen atoms in total. The van der Waals surface area contributed by atoms with Gasteiger partial charge in [-0.1, -0.05) is 19.1 Å². The summed E-state index contributed by atoms with van der Waals surface area (Å²) in [4.78, 5) is 0. The van der Waals surface area contributed by atoms with Crippen molar-refractivity contribution in [3.8, 4) is 0 Å². The minimum absolute atomic E-state index is 0.0964. The zero-order valence-corrected chi connectivity index (χ0v) is 11.6. The van der Waals surface area contributed by atoms with E-state index in [1.807, 2.05) is 6.92 Å². The van der Waals surface area contributed by atoms with Crippen molar-refractivity contribution >= 4 is 0 Å². The Kier molecular flexibility index (Phi) is 7.04. The molecule has 0 heterocycles. The quantitative estimate of drug-likeness (QED) is 0.579. The zero-order valence-electron chi connectivity index (χ0n) is 11.6. The highest BCUT2D eigenvalue weighted by Gasteiger charge is 2.27. The van der Waals surface area contributed by atoms with Crippen molar-refractivity contribution in [2.45, 2.75) is 32.0 Å². The van der Waals surface area contributed by atoms with Gasteiger partial charge < -0.3 is 10.1 Å². The first-order valence-corrected chi connectivity index (χ1v) is 6.67. The van der Waals surface area contributed by atoms with E-state index in [-0.39, 0.29) is 18.6 Å². The monoisotopic (exact) mass is 311 g/mol. The average Bonchev–Trinajstić information content (AvgIpc) is 2.40. The molecule has 0 bridgehead atoms. The Morgan fingerprint density at radius 1 is 1.24 bits per heavy atom. The molecule has 0 aliphatic carbocycles. The molecule has 0 saturated heterocycles. The van der Waals surface area contributed by atoms with Crippen LogP contribution < -0.4 is 5.32 Å². The number of halogens is 5. The molecule has 0 aliphatic rings. The lowest BCUT2D eigenvalue weighted by Gasteiger charge is -2.20. The van der Waals surface area contributed by atoms with Gasteiger partial charge in [-0.15, -0.1) is 0 Å². The van der Waals surface area contributed by atoms with Crippen molar-refractivity contribution in [3.63, 3.8) is 0 Å². The van der Waals surface area contributed by atoms with Crippen LogP contribution in [0.4, 0.5) is 22.0 Å². The number of benzene rings is 1. The first-order valence-electron chi connectivity index (χ1n) is 6.67. The molecule has 1 aromatic rings. The molecule has 0 fully saturated rings. The van der Waals surface area contributed by atoms with Crippen LogP contribution in [0.15, 0.2) is 18.2 Å². The number of alkyl halides is 3. The standard InChI is InChI=1S/C14H18F5NO/c1-2-7-20-12(6-8-21-9-14(17,18)19)10-4-3-5-11(15)13(10)16/h3-5,12,20H,2,6-9H2,1H3. The Hall–Kier alpha value is -1.21. The van der Waals surface area contributed by atoms with E-state index in [4.69, 9.17) is 0 Å². The number of rotatable bonds is 8. The molecule has 1 aromatic carbocycles. The Bertz CT molecular complexity index is 436. The summed E-state index contributed by atoms with van der Waals surface area (Å²) < 4.78 is 67.4. The van der Waals surface area contributed by atoms with Crippen LogP contribution in [-0.2, 0) is 4.74 Å². The second-order valence-electron chi connectivity index (χ2n) is 4.61. The maximum atomic E-state index is 13.7. The van der Waals surface area contributed by atoms with Gasteiger partial charge in [-0.2, -0.15) is 13.2 Å². The fourth-order valence-corrected chi connectivity index (χ4v) is 1.86. The number of nitrogens with one attached hydrogen (secondary N) is 1. The van der Waals surface area contributed by atoms with Crippen LogP contribution in [0, 0.1) is 11.6 Å². The van der Waals surface area contributed by atoms with Crippen LogP contribution in [0.25, 0.3) is 0 Å². The lowest BCUT2D eigenvalue weighted by molar-refractivity contribution is -0.174. The summed E-state index contributed by atoms with van der Waals surface area (Å²) in [5, 5.41) is 2.98. The molecular formula is C14H18F5NO. The molecule has 0 spiro atoms. The minimum atomic E-state index is -4.39. The molecule has 1 unspecified atom stereocenters. The summed E-state index contributed by atoms with van der Waals surface area (Å²) in [6.45, 7) is 0.891. The Morgan fingerprint density at radius 2 is 1.95 bits per heavy atom. The van der Waals surface area contributed by atoms with Gasteiger partial charge in [0.15, 0.2) is 11.6 Å². The van der Waals surface area contributed by atoms with Crippen LogP contribution in [0.1, 0.15) is 31.4 Å². The second kappa shape index (κ2) is 8.29. The molecule has 7 heteroatoms. The molecule has 21 heavy (non-hydrogen) atoms.